The lowest BCUT2D eigenvalue weighted by Crippen LogP contribution is -2.58. The topological polar surface area (TPSA) is 91.2 Å². The van der Waals surface area contributed by atoms with Crippen LogP contribution in [0.2, 0.25) is 0 Å². The number of hydrogen-bond acceptors (Lipinski definition) is 6. The molecule has 0 aliphatic carbocycles. The van der Waals surface area contributed by atoms with Gasteiger partial charge in [0.15, 0.2) is 6.23 Å². The Balaban J connectivity index is 2.01. The zero-order valence-corrected chi connectivity index (χ0v) is 12.2. The summed E-state index contributed by atoms with van der Waals surface area (Å²) < 4.78 is 34.5. The number of hydrogen-bond donors (Lipinski definition) is 4. The summed E-state index contributed by atoms with van der Waals surface area (Å²) in [4.78, 5) is 0. The molecular weight excluding hydrogens is 324 g/mol. The minimum atomic E-state index is -3.80. The fourth-order valence-corrected chi connectivity index (χ4v) is 2.18. The van der Waals surface area contributed by atoms with Crippen LogP contribution in [0.15, 0.2) is 24.3 Å². The summed E-state index contributed by atoms with van der Waals surface area (Å²) in [6, 6.07) is 5.33. The number of nitrogens with one attached hydrogen (secondary N) is 1. The Morgan fingerprint density at radius 2 is 1.73 bits per heavy atom. The fraction of sp³-hybridized carbons (Fsp3) is 0.538. The second-order valence-corrected chi connectivity index (χ2v) is 5.39. The van der Waals surface area contributed by atoms with Crippen molar-refractivity contribution >= 4 is 17.3 Å². The van der Waals surface area contributed by atoms with Gasteiger partial charge >= 0.3 is 5.57 Å². The van der Waals surface area contributed by atoms with E-state index in [1.807, 2.05) is 0 Å². The molecule has 0 unspecified atom stereocenters. The Kier molecular flexibility index (Phi) is 5.08. The van der Waals surface area contributed by atoms with Gasteiger partial charge in [0, 0.05) is 17.3 Å². The standard InChI is InChI=1S/C13H16ClF2NO5/c1-6-9(18)10(19)11(20)12(21-6)17-7-2-4-8(5-3-7)22-13(14,15)16/h2-6,9-12,17-20H,1H3/t6-,9-,10-,11-,12+/m0/s1. The summed E-state index contributed by atoms with van der Waals surface area (Å²) in [6.45, 7) is 1.55. The average Bonchev–Trinajstić information content (AvgIpc) is 2.43. The van der Waals surface area contributed by atoms with Crippen LogP contribution in [0.1, 0.15) is 6.92 Å². The predicted octanol–water partition coefficient (Wildman–Crippen LogP) is 1.09. The molecule has 1 aromatic carbocycles. The van der Waals surface area contributed by atoms with Crippen LogP contribution in [0, 0.1) is 0 Å². The Morgan fingerprint density at radius 3 is 2.27 bits per heavy atom. The fourth-order valence-electron chi connectivity index (χ4n) is 2.09. The molecule has 9 heteroatoms. The van der Waals surface area contributed by atoms with E-state index in [0.717, 1.165) is 0 Å². The van der Waals surface area contributed by atoms with E-state index in [0.29, 0.717) is 5.69 Å². The van der Waals surface area contributed by atoms with Gasteiger partial charge in [-0.3, -0.25) is 0 Å². The van der Waals surface area contributed by atoms with Crippen molar-refractivity contribution in [3.05, 3.63) is 24.3 Å². The van der Waals surface area contributed by atoms with E-state index < -0.39 is 36.2 Å². The molecule has 1 fully saturated rings. The molecule has 1 heterocycles. The minimum Gasteiger partial charge on any atom is -0.420 e. The average molecular weight is 340 g/mol. The lowest BCUT2D eigenvalue weighted by atomic mass is 9.99. The maximum Gasteiger partial charge on any atom is 0.487 e. The number of alkyl halides is 3. The first-order valence-corrected chi connectivity index (χ1v) is 6.87. The summed E-state index contributed by atoms with van der Waals surface area (Å²) in [5.41, 5.74) is -3.36. The van der Waals surface area contributed by atoms with Crippen LogP contribution in [0.4, 0.5) is 14.5 Å². The van der Waals surface area contributed by atoms with Crippen LogP contribution in [0.3, 0.4) is 0 Å². The highest BCUT2D eigenvalue weighted by Gasteiger charge is 2.41. The zero-order valence-electron chi connectivity index (χ0n) is 11.5. The maximum atomic E-state index is 12.5. The molecular formula is C13H16ClF2NO5. The molecule has 124 valence electrons. The lowest BCUT2D eigenvalue weighted by molar-refractivity contribution is -0.209. The molecule has 1 aromatic rings. The van der Waals surface area contributed by atoms with Gasteiger partial charge in [0.2, 0.25) is 0 Å². The molecule has 0 aromatic heterocycles. The molecule has 1 saturated heterocycles. The summed E-state index contributed by atoms with van der Waals surface area (Å²) >= 11 is 4.65. The first kappa shape index (κ1) is 17.2. The Bertz CT molecular complexity index is 498. The first-order chi connectivity index (χ1) is 10.2. The molecule has 0 saturated carbocycles. The van der Waals surface area contributed by atoms with Crippen LogP contribution in [-0.2, 0) is 4.74 Å². The van der Waals surface area contributed by atoms with Gasteiger partial charge in [-0.2, -0.15) is 0 Å². The number of anilines is 1. The second-order valence-electron chi connectivity index (χ2n) is 4.95. The number of benzene rings is 1. The molecule has 1 aliphatic rings. The van der Waals surface area contributed by atoms with E-state index in [1.165, 1.54) is 24.3 Å². The van der Waals surface area contributed by atoms with E-state index in [1.54, 1.807) is 6.92 Å². The normalized spacial score (nSPS) is 32.6. The molecule has 0 amide bonds. The van der Waals surface area contributed by atoms with E-state index in [9.17, 15) is 24.1 Å². The number of halogens is 3. The summed E-state index contributed by atoms with van der Waals surface area (Å²) in [5.74, 6) is -0.139. The monoisotopic (exact) mass is 339 g/mol. The number of aliphatic hydroxyl groups excluding tert-OH is 3. The van der Waals surface area contributed by atoms with Crippen molar-refractivity contribution in [1.29, 1.82) is 0 Å². The van der Waals surface area contributed by atoms with E-state index >= 15 is 0 Å². The van der Waals surface area contributed by atoms with Crippen molar-refractivity contribution in [2.45, 2.75) is 43.1 Å². The largest absolute Gasteiger partial charge is 0.487 e. The Labute approximate surface area is 130 Å². The lowest BCUT2D eigenvalue weighted by Gasteiger charge is -2.39. The van der Waals surface area contributed by atoms with Gasteiger partial charge in [0.25, 0.3) is 0 Å². The highest BCUT2D eigenvalue weighted by atomic mass is 35.5. The van der Waals surface area contributed by atoms with Gasteiger partial charge in [0.1, 0.15) is 24.1 Å². The molecule has 2 rings (SSSR count). The molecule has 6 nitrogen and oxygen atoms in total. The Morgan fingerprint density at radius 1 is 1.14 bits per heavy atom. The highest BCUT2D eigenvalue weighted by molar-refractivity contribution is 6.20. The van der Waals surface area contributed by atoms with E-state index in [-0.39, 0.29) is 5.75 Å². The van der Waals surface area contributed by atoms with Crippen molar-refractivity contribution in [2.24, 2.45) is 0 Å². The van der Waals surface area contributed by atoms with Gasteiger partial charge < -0.3 is 30.1 Å². The molecule has 0 spiro atoms. The van der Waals surface area contributed by atoms with Crippen LogP contribution in [-0.4, -0.2) is 51.5 Å². The molecule has 1 aliphatic heterocycles. The van der Waals surface area contributed by atoms with Gasteiger partial charge in [0.05, 0.1) is 6.10 Å². The van der Waals surface area contributed by atoms with Crippen LogP contribution in [0.25, 0.3) is 0 Å². The van der Waals surface area contributed by atoms with Crippen LogP contribution < -0.4 is 10.1 Å². The third-order valence-electron chi connectivity index (χ3n) is 3.25. The zero-order chi connectivity index (χ0) is 16.5. The van der Waals surface area contributed by atoms with E-state index in [2.05, 4.69) is 21.7 Å². The summed E-state index contributed by atoms with van der Waals surface area (Å²) in [5, 5.41) is 31.9. The number of ether oxygens (including phenoxy) is 2. The Hall–Kier alpha value is -1.19. The van der Waals surface area contributed by atoms with Crippen molar-refractivity contribution in [3.63, 3.8) is 0 Å². The van der Waals surface area contributed by atoms with Crippen molar-refractivity contribution in [1.82, 2.24) is 0 Å². The van der Waals surface area contributed by atoms with Gasteiger partial charge in [-0.05, 0) is 31.2 Å². The van der Waals surface area contributed by atoms with Crippen LogP contribution in [0.5, 0.6) is 5.75 Å². The second kappa shape index (κ2) is 6.51. The van der Waals surface area contributed by atoms with Crippen molar-refractivity contribution < 1.29 is 33.6 Å². The number of rotatable bonds is 4. The molecule has 0 bridgehead atoms. The van der Waals surface area contributed by atoms with E-state index in [4.69, 9.17) is 4.74 Å². The third kappa shape index (κ3) is 4.17. The van der Waals surface area contributed by atoms with Gasteiger partial charge in [-0.1, -0.05) is 0 Å². The van der Waals surface area contributed by atoms with Crippen molar-refractivity contribution in [2.75, 3.05) is 5.32 Å². The first-order valence-electron chi connectivity index (χ1n) is 6.49. The predicted molar refractivity (Wildman–Crippen MR) is 73.8 cm³/mol. The SMILES string of the molecule is C[C@@H]1O[C@@H](Nc2ccc(OC(F)(F)Cl)cc2)[C@@H](O)[C@@H](O)[C@H]1O. The van der Waals surface area contributed by atoms with Crippen molar-refractivity contribution in [3.8, 4) is 5.75 Å². The smallest absolute Gasteiger partial charge is 0.420 e. The third-order valence-corrected chi connectivity index (χ3v) is 3.33. The maximum absolute atomic E-state index is 12.5. The molecule has 22 heavy (non-hydrogen) atoms. The minimum absolute atomic E-state index is 0.139. The number of aliphatic hydroxyl groups is 3. The highest BCUT2D eigenvalue weighted by Crippen LogP contribution is 2.27. The molecule has 0 radical (unpaired) electrons. The van der Waals surface area contributed by atoms with Gasteiger partial charge in [-0.15, -0.1) is 8.78 Å². The van der Waals surface area contributed by atoms with Gasteiger partial charge in [-0.25, -0.2) is 0 Å². The quantitative estimate of drug-likeness (QED) is 0.614. The summed E-state index contributed by atoms with van der Waals surface area (Å²) in [7, 11) is 0. The molecule has 4 N–H and O–H groups in total. The van der Waals surface area contributed by atoms with Crippen LogP contribution >= 0.6 is 11.6 Å². The summed E-state index contributed by atoms with van der Waals surface area (Å²) in [6.07, 6.45) is -5.56. The molecule has 5 atom stereocenters.